The zero-order valence-corrected chi connectivity index (χ0v) is 6.35. The molecule has 0 spiro atoms. The highest BCUT2D eigenvalue weighted by Gasteiger charge is 1.97. The summed E-state index contributed by atoms with van der Waals surface area (Å²) in [4.78, 5) is 15.3. The predicted octanol–water partition coefficient (Wildman–Crippen LogP) is 0.0906. The Balaban J connectivity index is 3.09. The van der Waals surface area contributed by atoms with Crippen molar-refractivity contribution in [2.75, 3.05) is 20.3 Å². The molecule has 0 atom stereocenters. The Labute approximate surface area is 60.5 Å². The van der Waals surface area contributed by atoms with Crippen molar-refractivity contribution in [3.8, 4) is 0 Å². The second-order valence-electron chi connectivity index (χ2n) is 1.70. The third-order valence-electron chi connectivity index (χ3n) is 0.864. The van der Waals surface area contributed by atoms with Crippen LogP contribution in [0, 0.1) is 0 Å². The molecule has 0 aromatic rings. The lowest BCUT2D eigenvalue weighted by molar-refractivity contribution is -0.134. The SMILES string of the molecule is CCONC(=O)CCOC. The molecule has 0 aromatic carbocycles. The fourth-order valence-corrected chi connectivity index (χ4v) is 0.398. The first-order valence-corrected chi connectivity index (χ1v) is 3.20. The maximum absolute atomic E-state index is 10.6. The van der Waals surface area contributed by atoms with E-state index in [9.17, 15) is 4.79 Å². The molecule has 4 nitrogen and oxygen atoms in total. The van der Waals surface area contributed by atoms with Gasteiger partial charge in [-0.2, -0.15) is 0 Å². The highest BCUT2D eigenvalue weighted by Crippen LogP contribution is 1.79. The molecule has 1 N–H and O–H groups in total. The van der Waals surface area contributed by atoms with Crippen molar-refractivity contribution in [3.63, 3.8) is 0 Å². The number of ether oxygens (including phenoxy) is 1. The maximum atomic E-state index is 10.6. The standard InChI is InChI=1S/C6H13NO3/c1-3-10-7-6(8)4-5-9-2/h3-5H2,1-2H3,(H,7,8). The van der Waals surface area contributed by atoms with Crippen LogP contribution in [0.25, 0.3) is 0 Å². The van der Waals surface area contributed by atoms with Crippen molar-refractivity contribution in [3.05, 3.63) is 0 Å². The lowest BCUT2D eigenvalue weighted by Crippen LogP contribution is -2.24. The average molecular weight is 147 g/mol. The van der Waals surface area contributed by atoms with Gasteiger partial charge >= 0.3 is 0 Å². The number of nitrogens with one attached hydrogen (secondary N) is 1. The molecule has 10 heavy (non-hydrogen) atoms. The Kier molecular flexibility index (Phi) is 6.11. The van der Waals surface area contributed by atoms with Gasteiger partial charge in [-0.15, -0.1) is 0 Å². The first-order chi connectivity index (χ1) is 4.81. The van der Waals surface area contributed by atoms with E-state index >= 15 is 0 Å². The molecule has 0 saturated carbocycles. The monoisotopic (exact) mass is 147 g/mol. The lowest BCUT2D eigenvalue weighted by Gasteiger charge is -2.01. The largest absolute Gasteiger partial charge is 0.384 e. The summed E-state index contributed by atoms with van der Waals surface area (Å²) in [6.45, 7) is 2.72. The van der Waals surface area contributed by atoms with Crippen molar-refractivity contribution >= 4 is 5.91 Å². The molecule has 60 valence electrons. The highest BCUT2D eigenvalue weighted by atomic mass is 16.6. The van der Waals surface area contributed by atoms with Crippen LogP contribution in [-0.4, -0.2) is 26.2 Å². The molecule has 0 heterocycles. The Hall–Kier alpha value is -0.610. The maximum Gasteiger partial charge on any atom is 0.245 e. The third-order valence-corrected chi connectivity index (χ3v) is 0.864. The number of hydrogen-bond donors (Lipinski definition) is 1. The fourth-order valence-electron chi connectivity index (χ4n) is 0.398. The van der Waals surface area contributed by atoms with E-state index in [2.05, 4.69) is 15.1 Å². The zero-order chi connectivity index (χ0) is 7.82. The van der Waals surface area contributed by atoms with E-state index in [1.807, 2.05) is 0 Å². The van der Waals surface area contributed by atoms with Crippen LogP contribution in [0.3, 0.4) is 0 Å². The van der Waals surface area contributed by atoms with Gasteiger partial charge in [0.2, 0.25) is 5.91 Å². The van der Waals surface area contributed by atoms with Gasteiger partial charge in [0.05, 0.1) is 19.6 Å². The van der Waals surface area contributed by atoms with Gasteiger partial charge in [0.1, 0.15) is 0 Å². The number of hydrogen-bond acceptors (Lipinski definition) is 3. The number of rotatable bonds is 5. The molecule has 0 unspecified atom stereocenters. The Morgan fingerprint density at radius 1 is 1.60 bits per heavy atom. The summed E-state index contributed by atoms with van der Waals surface area (Å²) in [6.07, 6.45) is 0.344. The van der Waals surface area contributed by atoms with Gasteiger partial charge in [-0.1, -0.05) is 0 Å². The minimum Gasteiger partial charge on any atom is -0.384 e. The molecule has 0 aliphatic rings. The van der Waals surface area contributed by atoms with E-state index in [1.165, 1.54) is 0 Å². The molecule has 0 aliphatic carbocycles. The van der Waals surface area contributed by atoms with Gasteiger partial charge in [0, 0.05) is 7.11 Å². The quantitative estimate of drug-likeness (QED) is 0.561. The molecule has 0 bridgehead atoms. The van der Waals surface area contributed by atoms with Gasteiger partial charge in [-0.25, -0.2) is 5.48 Å². The number of hydroxylamine groups is 1. The van der Waals surface area contributed by atoms with Gasteiger partial charge in [0.15, 0.2) is 0 Å². The van der Waals surface area contributed by atoms with Crippen molar-refractivity contribution in [1.82, 2.24) is 5.48 Å². The number of carbonyl (C=O) groups excluding carboxylic acids is 1. The molecular weight excluding hydrogens is 134 g/mol. The van der Waals surface area contributed by atoms with E-state index in [-0.39, 0.29) is 5.91 Å². The summed E-state index contributed by atoms with van der Waals surface area (Å²) in [5.74, 6) is -0.149. The predicted molar refractivity (Wildman–Crippen MR) is 36.3 cm³/mol. The Morgan fingerprint density at radius 2 is 2.30 bits per heavy atom. The summed E-state index contributed by atoms with van der Waals surface area (Å²) >= 11 is 0. The number of methoxy groups -OCH3 is 1. The Bertz CT molecular complexity index is 85.0. The summed E-state index contributed by atoms with van der Waals surface area (Å²) < 4.78 is 4.68. The van der Waals surface area contributed by atoms with E-state index in [0.717, 1.165) is 0 Å². The van der Waals surface area contributed by atoms with Crippen LogP contribution in [0.2, 0.25) is 0 Å². The van der Waals surface area contributed by atoms with Crippen LogP contribution in [0.1, 0.15) is 13.3 Å². The summed E-state index contributed by atoms with van der Waals surface area (Å²) in [5.41, 5.74) is 2.25. The molecule has 0 fully saturated rings. The van der Waals surface area contributed by atoms with E-state index in [0.29, 0.717) is 19.6 Å². The van der Waals surface area contributed by atoms with Crippen LogP contribution < -0.4 is 5.48 Å². The van der Waals surface area contributed by atoms with Gasteiger partial charge < -0.3 is 4.74 Å². The van der Waals surface area contributed by atoms with Crippen LogP contribution in [-0.2, 0) is 14.4 Å². The van der Waals surface area contributed by atoms with Gasteiger partial charge in [0.25, 0.3) is 0 Å². The van der Waals surface area contributed by atoms with Crippen LogP contribution >= 0.6 is 0 Å². The highest BCUT2D eigenvalue weighted by molar-refractivity contribution is 5.74. The second kappa shape index (κ2) is 6.51. The smallest absolute Gasteiger partial charge is 0.245 e. The number of amides is 1. The average Bonchev–Trinajstić information content (AvgIpc) is 1.97. The van der Waals surface area contributed by atoms with Crippen molar-refractivity contribution in [2.45, 2.75) is 13.3 Å². The van der Waals surface area contributed by atoms with Gasteiger partial charge in [-0.3, -0.25) is 9.63 Å². The van der Waals surface area contributed by atoms with E-state index < -0.39 is 0 Å². The zero-order valence-electron chi connectivity index (χ0n) is 6.35. The molecule has 4 heteroatoms. The van der Waals surface area contributed by atoms with E-state index in [1.54, 1.807) is 14.0 Å². The molecule has 0 aromatic heterocycles. The van der Waals surface area contributed by atoms with Crippen LogP contribution in [0.4, 0.5) is 0 Å². The molecule has 0 saturated heterocycles. The van der Waals surface area contributed by atoms with E-state index in [4.69, 9.17) is 0 Å². The number of carbonyl (C=O) groups is 1. The molecule has 0 aliphatic heterocycles. The van der Waals surface area contributed by atoms with Crippen LogP contribution in [0.15, 0.2) is 0 Å². The molecule has 0 radical (unpaired) electrons. The normalized spacial score (nSPS) is 9.40. The fraction of sp³-hybridized carbons (Fsp3) is 0.833. The second-order valence-corrected chi connectivity index (χ2v) is 1.70. The van der Waals surface area contributed by atoms with Crippen molar-refractivity contribution < 1.29 is 14.4 Å². The molecular formula is C6H13NO3. The molecule has 0 rings (SSSR count). The lowest BCUT2D eigenvalue weighted by atomic mass is 10.4. The Morgan fingerprint density at radius 3 is 2.80 bits per heavy atom. The molecule has 1 amide bonds. The van der Waals surface area contributed by atoms with Crippen molar-refractivity contribution in [1.29, 1.82) is 0 Å². The summed E-state index contributed by atoms with van der Waals surface area (Å²) in [5, 5.41) is 0. The minimum absolute atomic E-state index is 0.149. The minimum atomic E-state index is -0.149. The van der Waals surface area contributed by atoms with Crippen molar-refractivity contribution in [2.24, 2.45) is 0 Å². The summed E-state index contributed by atoms with van der Waals surface area (Å²) in [6, 6.07) is 0. The first-order valence-electron chi connectivity index (χ1n) is 3.20. The first kappa shape index (κ1) is 9.39. The topological polar surface area (TPSA) is 47.6 Å². The third kappa shape index (κ3) is 5.53. The van der Waals surface area contributed by atoms with Gasteiger partial charge in [-0.05, 0) is 6.92 Å². The summed E-state index contributed by atoms with van der Waals surface area (Å²) in [7, 11) is 1.55. The van der Waals surface area contributed by atoms with Crippen LogP contribution in [0.5, 0.6) is 0 Å².